The molecule has 0 radical (unpaired) electrons. The van der Waals surface area contributed by atoms with E-state index in [-0.39, 0.29) is 0 Å². The Balaban J connectivity index is 1.15. The SMILES string of the molecule is c1ccc(-n2ccc3c2ccc2c4ccccc4n(-c4ccccc4-c4ccccc4-n4c5ccccc5c5ccc6c(ccn6-c6ccccc6)c54)c23)cc1. The molecule has 8 aromatic carbocycles. The maximum atomic E-state index is 2.50. The van der Waals surface area contributed by atoms with E-state index in [1.165, 1.54) is 76.5 Å². The third kappa shape index (κ3) is 4.35. The first-order valence-electron chi connectivity index (χ1n) is 19.2. The predicted molar refractivity (Wildman–Crippen MR) is 234 cm³/mol. The van der Waals surface area contributed by atoms with Crippen molar-refractivity contribution in [2.75, 3.05) is 0 Å². The van der Waals surface area contributed by atoms with Crippen molar-refractivity contribution in [1.29, 1.82) is 0 Å². The zero-order chi connectivity index (χ0) is 36.7. The van der Waals surface area contributed by atoms with Crippen LogP contribution in [0, 0.1) is 0 Å². The molecule has 0 saturated heterocycles. The lowest BCUT2D eigenvalue weighted by Crippen LogP contribution is -2.01. The number of hydrogen-bond acceptors (Lipinski definition) is 0. The van der Waals surface area contributed by atoms with Crippen molar-refractivity contribution < 1.29 is 0 Å². The fourth-order valence-corrected chi connectivity index (χ4v) is 9.27. The van der Waals surface area contributed by atoms with Gasteiger partial charge in [-0.15, -0.1) is 0 Å². The van der Waals surface area contributed by atoms with Crippen LogP contribution in [-0.2, 0) is 0 Å². The summed E-state index contributed by atoms with van der Waals surface area (Å²) in [6.07, 6.45) is 4.41. The zero-order valence-electron chi connectivity index (χ0n) is 30.4. The van der Waals surface area contributed by atoms with Crippen LogP contribution in [-0.4, -0.2) is 18.3 Å². The van der Waals surface area contributed by atoms with Crippen LogP contribution in [0.1, 0.15) is 0 Å². The van der Waals surface area contributed by atoms with Crippen LogP contribution in [0.3, 0.4) is 0 Å². The van der Waals surface area contributed by atoms with Gasteiger partial charge in [-0.3, -0.25) is 0 Å². The van der Waals surface area contributed by atoms with E-state index in [2.05, 4.69) is 225 Å². The number of aromatic nitrogens is 4. The van der Waals surface area contributed by atoms with Crippen molar-refractivity contribution in [2.24, 2.45) is 0 Å². The van der Waals surface area contributed by atoms with E-state index in [1.54, 1.807) is 0 Å². The second-order valence-electron chi connectivity index (χ2n) is 14.6. The summed E-state index contributed by atoms with van der Waals surface area (Å²) in [6, 6.07) is 70.5. The molecular formula is C52H34N4. The molecule has 4 nitrogen and oxygen atoms in total. The summed E-state index contributed by atoms with van der Waals surface area (Å²) in [5.74, 6) is 0. The van der Waals surface area contributed by atoms with Gasteiger partial charge in [0.1, 0.15) is 0 Å². The predicted octanol–water partition coefficient (Wildman–Crippen LogP) is 13.4. The van der Waals surface area contributed by atoms with E-state index >= 15 is 0 Å². The van der Waals surface area contributed by atoms with Crippen molar-refractivity contribution in [2.45, 2.75) is 0 Å². The second-order valence-corrected chi connectivity index (χ2v) is 14.6. The number of fused-ring (bicyclic) bond motifs is 10. The molecule has 4 heterocycles. The lowest BCUT2D eigenvalue weighted by atomic mass is 10.0. The van der Waals surface area contributed by atoms with E-state index < -0.39 is 0 Å². The van der Waals surface area contributed by atoms with E-state index in [9.17, 15) is 0 Å². The van der Waals surface area contributed by atoms with Crippen LogP contribution in [0.2, 0.25) is 0 Å². The highest BCUT2D eigenvalue weighted by Crippen LogP contribution is 2.44. The molecule has 0 bridgehead atoms. The van der Waals surface area contributed by atoms with E-state index in [4.69, 9.17) is 0 Å². The van der Waals surface area contributed by atoms with Gasteiger partial charge in [0.15, 0.2) is 0 Å². The molecule has 0 atom stereocenters. The standard InChI is InChI=1S/C52H34N4/c1-3-15-35(16-4-1)53-33-31-43-45(53)29-27-41-39-21-9-13-25-49(39)55(51(41)43)47-23-11-7-19-37(47)38-20-8-12-24-48(38)56-50-26-14-10-22-40(50)42-28-30-46-44(52(42)56)32-34-54(46)36-17-5-2-6-18-36/h1-34H. The maximum Gasteiger partial charge on any atom is 0.0635 e. The average molecular weight is 715 g/mol. The molecule has 0 amide bonds. The summed E-state index contributed by atoms with van der Waals surface area (Å²) in [5.41, 5.74) is 14.1. The van der Waals surface area contributed by atoms with Crippen LogP contribution >= 0.6 is 0 Å². The molecule has 12 rings (SSSR count). The van der Waals surface area contributed by atoms with Crippen molar-refractivity contribution in [3.63, 3.8) is 0 Å². The van der Waals surface area contributed by atoms with Crippen LogP contribution in [0.15, 0.2) is 207 Å². The van der Waals surface area contributed by atoms with Gasteiger partial charge in [-0.2, -0.15) is 0 Å². The van der Waals surface area contributed by atoms with Crippen molar-refractivity contribution in [1.82, 2.24) is 18.3 Å². The summed E-state index contributed by atoms with van der Waals surface area (Å²) in [6.45, 7) is 0. The quantitative estimate of drug-likeness (QED) is 0.169. The van der Waals surface area contributed by atoms with Crippen molar-refractivity contribution in [3.05, 3.63) is 207 Å². The van der Waals surface area contributed by atoms with Gasteiger partial charge >= 0.3 is 0 Å². The number of rotatable bonds is 5. The normalized spacial score (nSPS) is 11.9. The number of hydrogen-bond donors (Lipinski definition) is 0. The summed E-state index contributed by atoms with van der Waals surface area (Å²) >= 11 is 0. The first-order valence-corrected chi connectivity index (χ1v) is 19.2. The highest BCUT2D eigenvalue weighted by molar-refractivity contribution is 6.20. The van der Waals surface area contributed by atoms with Gasteiger partial charge in [0, 0.05) is 67.2 Å². The van der Waals surface area contributed by atoms with Crippen LogP contribution in [0.25, 0.3) is 99.3 Å². The van der Waals surface area contributed by atoms with Crippen molar-refractivity contribution in [3.8, 4) is 33.9 Å². The Kier molecular flexibility index (Phi) is 6.60. The molecule has 4 heteroatoms. The van der Waals surface area contributed by atoms with Crippen LogP contribution < -0.4 is 0 Å². The topological polar surface area (TPSA) is 19.7 Å². The number of nitrogens with zero attached hydrogens (tertiary/aromatic N) is 4. The van der Waals surface area contributed by atoms with Gasteiger partial charge in [0.25, 0.3) is 0 Å². The first kappa shape index (κ1) is 30.9. The Morgan fingerprint density at radius 2 is 0.643 bits per heavy atom. The molecule has 0 aliphatic heterocycles. The Labute approximate surface area is 322 Å². The minimum absolute atomic E-state index is 1.15. The highest BCUT2D eigenvalue weighted by Gasteiger charge is 2.23. The molecule has 0 saturated carbocycles. The Morgan fingerprint density at radius 1 is 0.250 bits per heavy atom. The average Bonchev–Trinajstić information content (AvgIpc) is 4.05. The van der Waals surface area contributed by atoms with E-state index in [0.29, 0.717) is 0 Å². The van der Waals surface area contributed by atoms with Crippen LogP contribution in [0.4, 0.5) is 0 Å². The summed E-state index contributed by atoms with van der Waals surface area (Å²) < 4.78 is 9.59. The molecule has 0 unspecified atom stereocenters. The fourth-order valence-electron chi connectivity index (χ4n) is 9.27. The maximum absolute atomic E-state index is 2.50. The smallest absolute Gasteiger partial charge is 0.0635 e. The van der Waals surface area contributed by atoms with E-state index in [0.717, 1.165) is 22.7 Å². The largest absolute Gasteiger partial charge is 0.316 e. The fraction of sp³-hybridized carbons (Fsp3) is 0. The second kappa shape index (κ2) is 12.0. The third-order valence-corrected chi connectivity index (χ3v) is 11.7. The van der Waals surface area contributed by atoms with Gasteiger partial charge < -0.3 is 18.3 Å². The monoisotopic (exact) mass is 714 g/mol. The molecular weight excluding hydrogens is 681 g/mol. The first-order chi connectivity index (χ1) is 27.8. The molecule has 262 valence electrons. The molecule has 0 aliphatic carbocycles. The van der Waals surface area contributed by atoms with Gasteiger partial charge in [0.2, 0.25) is 0 Å². The summed E-state index contributed by atoms with van der Waals surface area (Å²) in [5, 5.41) is 7.42. The van der Waals surface area contributed by atoms with E-state index in [1.807, 2.05) is 0 Å². The third-order valence-electron chi connectivity index (χ3n) is 11.7. The molecule has 4 aromatic heterocycles. The van der Waals surface area contributed by atoms with Crippen molar-refractivity contribution >= 4 is 65.4 Å². The Hall–Kier alpha value is -7.56. The van der Waals surface area contributed by atoms with Crippen LogP contribution in [0.5, 0.6) is 0 Å². The number of para-hydroxylation sites is 6. The molecule has 0 aliphatic rings. The Morgan fingerprint density at radius 3 is 1.11 bits per heavy atom. The minimum Gasteiger partial charge on any atom is -0.316 e. The van der Waals surface area contributed by atoms with Gasteiger partial charge in [-0.25, -0.2) is 0 Å². The molecule has 0 fully saturated rings. The summed E-state index contributed by atoms with van der Waals surface area (Å²) in [7, 11) is 0. The molecule has 0 spiro atoms. The molecule has 0 N–H and O–H groups in total. The van der Waals surface area contributed by atoms with Gasteiger partial charge in [-0.1, -0.05) is 121 Å². The lowest BCUT2D eigenvalue weighted by molar-refractivity contribution is 1.13. The Bertz CT molecular complexity index is 3230. The lowest BCUT2D eigenvalue weighted by Gasteiger charge is -2.19. The van der Waals surface area contributed by atoms with Gasteiger partial charge in [-0.05, 0) is 72.8 Å². The zero-order valence-corrected chi connectivity index (χ0v) is 30.4. The minimum atomic E-state index is 1.15. The molecule has 56 heavy (non-hydrogen) atoms. The summed E-state index contributed by atoms with van der Waals surface area (Å²) in [4.78, 5) is 0. The van der Waals surface area contributed by atoms with Gasteiger partial charge in [0.05, 0.1) is 44.5 Å². The molecule has 12 aromatic rings. The highest BCUT2D eigenvalue weighted by atomic mass is 15.0. The number of benzene rings is 8.